The number of hydrogen-bond donors (Lipinski definition) is 1. The third kappa shape index (κ3) is 3.45. The van der Waals surface area contributed by atoms with Crippen LogP contribution in [-0.2, 0) is 11.2 Å². The second-order valence-electron chi connectivity index (χ2n) is 10.3. The summed E-state index contributed by atoms with van der Waals surface area (Å²) < 4.78 is 5.52. The molecule has 0 radical (unpaired) electrons. The van der Waals surface area contributed by atoms with Gasteiger partial charge in [-0.3, -0.25) is 4.79 Å². The molecule has 2 fully saturated rings. The maximum atomic E-state index is 13.1. The molecule has 1 saturated carbocycles. The quantitative estimate of drug-likeness (QED) is 0.776. The largest absolute Gasteiger partial charge is 0.508 e. The topological polar surface area (TPSA) is 70.8 Å². The fourth-order valence-corrected chi connectivity index (χ4v) is 5.99. The van der Waals surface area contributed by atoms with Gasteiger partial charge in [0.25, 0.3) is 0 Å². The van der Waals surface area contributed by atoms with E-state index in [0.29, 0.717) is 35.6 Å². The van der Waals surface area contributed by atoms with Crippen LogP contribution in [0.15, 0.2) is 21.3 Å². The van der Waals surface area contributed by atoms with Gasteiger partial charge in [0.1, 0.15) is 11.3 Å². The van der Waals surface area contributed by atoms with Gasteiger partial charge in [-0.25, -0.2) is 4.79 Å². The van der Waals surface area contributed by atoms with E-state index in [1.807, 2.05) is 6.92 Å². The lowest BCUT2D eigenvalue weighted by atomic mass is 9.65. The Kier molecular flexibility index (Phi) is 4.56. The van der Waals surface area contributed by atoms with Crippen LogP contribution in [0, 0.1) is 24.7 Å². The van der Waals surface area contributed by atoms with E-state index in [4.69, 9.17) is 4.42 Å². The minimum absolute atomic E-state index is 0.111. The van der Waals surface area contributed by atoms with Gasteiger partial charge in [-0.15, -0.1) is 0 Å². The number of aromatic hydroxyl groups is 1. The molecule has 2 bridgehead atoms. The molecule has 1 aliphatic heterocycles. The SMILES string of the molecule is Cc1c(CCC(=O)N2C[C@]3(C)C[C@@H]2CC(C)(C)C3)c(=O)oc2c(C)c(O)ccc12. The molecule has 2 aromatic rings. The summed E-state index contributed by atoms with van der Waals surface area (Å²) in [5, 5.41) is 10.7. The predicted molar refractivity (Wildman–Crippen MR) is 113 cm³/mol. The molecule has 4 rings (SSSR count). The normalized spacial score (nSPS) is 25.6. The number of phenolic OH excluding ortho intramolecular Hbond substituents is 1. The maximum absolute atomic E-state index is 13.1. The van der Waals surface area contributed by atoms with E-state index in [1.54, 1.807) is 19.1 Å². The molecule has 1 amide bonds. The van der Waals surface area contributed by atoms with Crippen molar-refractivity contribution in [3.63, 3.8) is 0 Å². The second kappa shape index (κ2) is 6.61. The first-order chi connectivity index (χ1) is 13.5. The van der Waals surface area contributed by atoms with Gasteiger partial charge in [0.15, 0.2) is 0 Å². The van der Waals surface area contributed by atoms with Crippen molar-refractivity contribution in [3.8, 4) is 5.75 Å². The highest BCUT2D eigenvalue weighted by atomic mass is 16.4. The molecule has 1 aromatic carbocycles. The molecule has 1 aliphatic carbocycles. The number of aryl methyl sites for hydroxylation is 2. The molecule has 5 nitrogen and oxygen atoms in total. The van der Waals surface area contributed by atoms with Crippen LogP contribution in [-0.4, -0.2) is 28.5 Å². The number of likely N-dealkylation sites (tertiary alicyclic amines) is 1. The molecular weight excluding hydrogens is 366 g/mol. The lowest BCUT2D eigenvalue weighted by molar-refractivity contribution is -0.132. The molecule has 156 valence electrons. The lowest BCUT2D eigenvalue weighted by Gasteiger charge is -2.39. The number of fused-ring (bicyclic) bond motifs is 3. The Labute approximate surface area is 171 Å². The Hall–Kier alpha value is -2.30. The second-order valence-corrected chi connectivity index (χ2v) is 10.3. The Morgan fingerprint density at radius 1 is 1.21 bits per heavy atom. The van der Waals surface area contributed by atoms with Gasteiger partial charge >= 0.3 is 5.63 Å². The highest BCUT2D eigenvalue weighted by Gasteiger charge is 2.50. The van der Waals surface area contributed by atoms with Gasteiger partial charge in [-0.2, -0.15) is 0 Å². The highest BCUT2D eigenvalue weighted by Crippen LogP contribution is 2.52. The van der Waals surface area contributed by atoms with E-state index >= 15 is 0 Å². The van der Waals surface area contributed by atoms with Gasteiger partial charge in [0.2, 0.25) is 5.91 Å². The van der Waals surface area contributed by atoms with Crippen LogP contribution < -0.4 is 5.63 Å². The van der Waals surface area contributed by atoms with Gasteiger partial charge in [-0.05, 0) is 68.1 Å². The van der Waals surface area contributed by atoms with Gasteiger partial charge in [0, 0.05) is 35.5 Å². The van der Waals surface area contributed by atoms with Gasteiger partial charge < -0.3 is 14.4 Å². The van der Waals surface area contributed by atoms with Crippen molar-refractivity contribution in [3.05, 3.63) is 39.2 Å². The van der Waals surface area contributed by atoms with Crippen molar-refractivity contribution >= 4 is 16.9 Å². The summed E-state index contributed by atoms with van der Waals surface area (Å²) in [7, 11) is 0. The van der Waals surface area contributed by atoms with Crippen LogP contribution >= 0.6 is 0 Å². The van der Waals surface area contributed by atoms with E-state index in [1.165, 1.54) is 0 Å². The zero-order chi connectivity index (χ0) is 21.1. The summed E-state index contributed by atoms with van der Waals surface area (Å²) in [4.78, 5) is 27.7. The fraction of sp³-hybridized carbons (Fsp3) is 0.583. The number of carbonyl (C=O) groups excluding carboxylic acids is 1. The fourth-order valence-electron chi connectivity index (χ4n) is 5.99. The van der Waals surface area contributed by atoms with E-state index < -0.39 is 5.63 Å². The van der Waals surface area contributed by atoms with Crippen molar-refractivity contribution in [2.24, 2.45) is 10.8 Å². The molecule has 2 aliphatic rings. The number of carbonyl (C=O) groups is 1. The minimum atomic E-state index is -0.412. The number of rotatable bonds is 3. The first-order valence-electron chi connectivity index (χ1n) is 10.5. The van der Waals surface area contributed by atoms with Crippen LogP contribution in [0.1, 0.15) is 63.1 Å². The number of phenols is 1. The van der Waals surface area contributed by atoms with E-state index in [9.17, 15) is 14.7 Å². The Balaban J connectivity index is 1.55. The van der Waals surface area contributed by atoms with Crippen molar-refractivity contribution < 1.29 is 14.3 Å². The first-order valence-corrected chi connectivity index (χ1v) is 10.5. The Bertz CT molecular complexity index is 1050. The highest BCUT2D eigenvalue weighted by molar-refractivity contribution is 5.85. The summed E-state index contributed by atoms with van der Waals surface area (Å²) in [6.07, 6.45) is 3.99. The zero-order valence-electron chi connectivity index (χ0n) is 18.1. The first kappa shape index (κ1) is 20.0. The Morgan fingerprint density at radius 3 is 2.66 bits per heavy atom. The number of benzene rings is 1. The molecule has 2 heterocycles. The number of amides is 1. The summed E-state index contributed by atoms with van der Waals surface area (Å²) in [5.74, 6) is 0.247. The monoisotopic (exact) mass is 397 g/mol. The molecule has 29 heavy (non-hydrogen) atoms. The Morgan fingerprint density at radius 2 is 1.93 bits per heavy atom. The van der Waals surface area contributed by atoms with E-state index in [-0.39, 0.29) is 22.5 Å². The average Bonchev–Trinajstić information content (AvgIpc) is 2.87. The summed E-state index contributed by atoms with van der Waals surface area (Å²) >= 11 is 0. The molecular formula is C24H31NO4. The summed E-state index contributed by atoms with van der Waals surface area (Å²) in [6.45, 7) is 11.3. The molecule has 1 saturated heterocycles. The van der Waals surface area contributed by atoms with Crippen LogP contribution in [0.2, 0.25) is 0 Å². The molecule has 1 aromatic heterocycles. The molecule has 1 N–H and O–H groups in total. The van der Waals surface area contributed by atoms with E-state index in [0.717, 1.165) is 36.8 Å². The van der Waals surface area contributed by atoms with Crippen LogP contribution in [0.25, 0.3) is 11.0 Å². The van der Waals surface area contributed by atoms with E-state index in [2.05, 4.69) is 25.7 Å². The summed E-state index contributed by atoms with van der Waals surface area (Å²) in [6, 6.07) is 3.70. The van der Waals surface area contributed by atoms with Crippen LogP contribution in [0.3, 0.4) is 0 Å². The standard InChI is InChI=1S/C24H31NO4/c1-14-17-6-8-19(26)15(2)21(17)29-22(28)18(14)7-9-20(27)25-13-24(5)11-16(25)10-23(3,4)12-24/h6,8,16,26H,7,9-13H2,1-5H3/t16-,24+/m0/s1. The molecule has 0 spiro atoms. The number of nitrogens with zero attached hydrogens (tertiary/aromatic N) is 1. The molecule has 0 unspecified atom stereocenters. The lowest BCUT2D eigenvalue weighted by Crippen LogP contribution is -2.38. The predicted octanol–water partition coefficient (Wildman–Crippen LogP) is 4.48. The average molecular weight is 398 g/mol. The van der Waals surface area contributed by atoms with Crippen molar-refractivity contribution in [2.75, 3.05) is 6.54 Å². The number of hydrogen-bond acceptors (Lipinski definition) is 4. The zero-order valence-corrected chi connectivity index (χ0v) is 18.1. The molecule has 5 heteroatoms. The van der Waals surface area contributed by atoms with Gasteiger partial charge in [-0.1, -0.05) is 20.8 Å². The van der Waals surface area contributed by atoms with Crippen molar-refractivity contribution in [2.45, 2.75) is 72.8 Å². The summed E-state index contributed by atoms with van der Waals surface area (Å²) in [5.41, 5.74) is 2.44. The third-order valence-electron chi connectivity index (χ3n) is 7.00. The van der Waals surface area contributed by atoms with Crippen LogP contribution in [0.4, 0.5) is 0 Å². The van der Waals surface area contributed by atoms with Gasteiger partial charge in [0.05, 0.1) is 0 Å². The smallest absolute Gasteiger partial charge is 0.339 e. The van der Waals surface area contributed by atoms with Crippen LogP contribution in [0.5, 0.6) is 5.75 Å². The third-order valence-corrected chi connectivity index (χ3v) is 7.00. The maximum Gasteiger partial charge on any atom is 0.339 e. The minimum Gasteiger partial charge on any atom is -0.508 e. The van der Waals surface area contributed by atoms with Crippen molar-refractivity contribution in [1.29, 1.82) is 0 Å². The van der Waals surface area contributed by atoms with Crippen molar-refractivity contribution in [1.82, 2.24) is 4.90 Å². The molecule has 2 atom stereocenters.